The molecule has 0 aliphatic rings. The van der Waals surface area contributed by atoms with E-state index in [9.17, 15) is 0 Å². The maximum atomic E-state index is 6.01. The van der Waals surface area contributed by atoms with Crippen LogP contribution in [-0.2, 0) is 20.1 Å². The molecule has 4 heteroatoms. The van der Waals surface area contributed by atoms with Crippen molar-refractivity contribution in [3.8, 4) is 22.5 Å². The first-order valence-electron chi connectivity index (χ1n) is 10.8. The predicted octanol–water partition coefficient (Wildman–Crippen LogP) is 7.61. The number of hydrogen-bond acceptors (Lipinski definition) is 3. The summed E-state index contributed by atoms with van der Waals surface area (Å²) in [5, 5.41) is 2.24. The van der Waals surface area contributed by atoms with Crippen molar-refractivity contribution >= 4 is 21.9 Å². The number of pyridine rings is 2. The van der Waals surface area contributed by atoms with Crippen molar-refractivity contribution in [3.05, 3.63) is 121 Å². The van der Waals surface area contributed by atoms with Crippen molar-refractivity contribution in [2.75, 3.05) is 0 Å². The molecule has 0 aliphatic heterocycles. The molecule has 0 amide bonds. The third-order valence-electron chi connectivity index (χ3n) is 5.41. The molecule has 0 saturated carbocycles. The van der Waals surface area contributed by atoms with Crippen LogP contribution in [0.4, 0.5) is 0 Å². The van der Waals surface area contributed by atoms with Crippen molar-refractivity contribution in [2.45, 2.75) is 13.8 Å². The first kappa shape index (κ1) is 23.6. The van der Waals surface area contributed by atoms with E-state index in [2.05, 4.69) is 54.1 Å². The maximum absolute atomic E-state index is 6.01. The number of hydrogen-bond donors (Lipinski definition) is 0. The van der Waals surface area contributed by atoms with Crippen LogP contribution in [0.3, 0.4) is 0 Å². The van der Waals surface area contributed by atoms with E-state index in [1.807, 2.05) is 72.9 Å². The van der Waals surface area contributed by atoms with Crippen molar-refractivity contribution in [3.63, 3.8) is 0 Å². The zero-order valence-electron chi connectivity index (χ0n) is 18.9. The second-order valence-electron chi connectivity index (χ2n) is 7.91. The van der Waals surface area contributed by atoms with Crippen molar-refractivity contribution in [1.29, 1.82) is 0 Å². The molecule has 34 heavy (non-hydrogen) atoms. The summed E-state index contributed by atoms with van der Waals surface area (Å²) in [5.74, 6) is 0. The van der Waals surface area contributed by atoms with Crippen LogP contribution in [0, 0.1) is 26.0 Å². The zero-order valence-corrected chi connectivity index (χ0v) is 21.3. The van der Waals surface area contributed by atoms with E-state index < -0.39 is 0 Å². The van der Waals surface area contributed by atoms with Crippen LogP contribution in [0.2, 0.25) is 0 Å². The standard InChI is InChI=1S/C18H12NO.C12H10N.Ir/c1-12-9-10-19-16(11-12)15-7-4-6-14-13-5-2-3-8-17(13)20-18(14)15;1-10-5-4-6-11(9-10)12-7-2-3-8-13-12;/h2-6,8-11H,1H3;2-5,7-9H,1H3;/q2*-1;. The molecule has 3 heterocycles. The Morgan fingerprint density at radius 3 is 2.24 bits per heavy atom. The molecule has 3 nitrogen and oxygen atoms in total. The summed E-state index contributed by atoms with van der Waals surface area (Å²) >= 11 is 0. The predicted molar refractivity (Wildman–Crippen MR) is 134 cm³/mol. The van der Waals surface area contributed by atoms with Crippen LogP contribution in [0.5, 0.6) is 0 Å². The molecule has 0 fully saturated rings. The molecule has 0 N–H and O–H groups in total. The first-order valence-corrected chi connectivity index (χ1v) is 10.8. The number of rotatable bonds is 2. The number of aromatic nitrogens is 2. The summed E-state index contributed by atoms with van der Waals surface area (Å²) in [5.41, 5.74) is 8.02. The average Bonchev–Trinajstić information content (AvgIpc) is 3.24. The van der Waals surface area contributed by atoms with E-state index in [1.165, 1.54) is 11.1 Å². The van der Waals surface area contributed by atoms with Gasteiger partial charge in [-0.1, -0.05) is 59.8 Å². The second-order valence-corrected chi connectivity index (χ2v) is 7.91. The molecule has 169 valence electrons. The van der Waals surface area contributed by atoms with Gasteiger partial charge in [-0.3, -0.25) is 0 Å². The van der Waals surface area contributed by atoms with Crippen LogP contribution in [-0.4, -0.2) is 9.97 Å². The Hall–Kier alpha value is -3.59. The summed E-state index contributed by atoms with van der Waals surface area (Å²) in [7, 11) is 0. The van der Waals surface area contributed by atoms with E-state index in [4.69, 9.17) is 4.42 Å². The van der Waals surface area contributed by atoms with Crippen molar-refractivity contribution < 1.29 is 24.5 Å². The topological polar surface area (TPSA) is 38.9 Å². The van der Waals surface area contributed by atoms with E-state index in [0.29, 0.717) is 0 Å². The van der Waals surface area contributed by atoms with Crippen LogP contribution in [0.1, 0.15) is 11.1 Å². The SMILES string of the molecule is Cc1cc[c-]c(-c2ccccn2)c1.Cc1ccnc(-c2[c-]ccc3c2oc2ccccc23)c1.[Ir]. The summed E-state index contributed by atoms with van der Waals surface area (Å²) in [6.45, 7) is 4.13. The molecule has 0 spiro atoms. The summed E-state index contributed by atoms with van der Waals surface area (Å²) < 4.78 is 6.01. The van der Waals surface area contributed by atoms with E-state index >= 15 is 0 Å². The van der Waals surface area contributed by atoms with Gasteiger partial charge in [0.15, 0.2) is 0 Å². The Morgan fingerprint density at radius 2 is 1.44 bits per heavy atom. The smallest absolute Gasteiger partial charge is 0.120 e. The average molecular weight is 619 g/mol. The quantitative estimate of drug-likeness (QED) is 0.188. The van der Waals surface area contributed by atoms with E-state index in [1.54, 1.807) is 6.20 Å². The minimum absolute atomic E-state index is 0. The molecular weight excluding hydrogens is 597 g/mol. The molecule has 1 radical (unpaired) electrons. The number of aryl methyl sites for hydroxylation is 2. The third kappa shape index (κ3) is 4.99. The Bertz CT molecular complexity index is 1540. The van der Waals surface area contributed by atoms with Gasteiger partial charge >= 0.3 is 0 Å². The van der Waals surface area contributed by atoms with Crippen LogP contribution in [0.15, 0.2) is 102 Å². The number of furan rings is 1. The molecule has 3 aromatic carbocycles. The monoisotopic (exact) mass is 619 g/mol. The molecule has 0 unspecified atom stereocenters. The minimum Gasteiger partial charge on any atom is -0.501 e. The van der Waals surface area contributed by atoms with Gasteiger partial charge in [-0.05, 0) is 36.5 Å². The number of nitrogens with zero attached hydrogens (tertiary/aromatic N) is 2. The van der Waals surface area contributed by atoms with Gasteiger partial charge in [0.2, 0.25) is 0 Å². The van der Waals surface area contributed by atoms with Gasteiger partial charge in [-0.15, -0.1) is 53.6 Å². The Labute approximate surface area is 212 Å². The van der Waals surface area contributed by atoms with Crippen LogP contribution < -0.4 is 0 Å². The van der Waals surface area contributed by atoms with E-state index in [0.717, 1.165) is 44.5 Å². The number of benzene rings is 3. The zero-order chi connectivity index (χ0) is 22.6. The van der Waals surface area contributed by atoms with Gasteiger partial charge in [0, 0.05) is 37.9 Å². The van der Waals surface area contributed by atoms with Gasteiger partial charge in [0.1, 0.15) is 5.58 Å². The normalized spacial score (nSPS) is 10.4. The van der Waals surface area contributed by atoms with Crippen LogP contribution in [0.25, 0.3) is 44.5 Å². The van der Waals surface area contributed by atoms with Gasteiger partial charge < -0.3 is 14.4 Å². The first-order chi connectivity index (χ1) is 16.2. The number of fused-ring (bicyclic) bond motifs is 3. The fraction of sp³-hybridized carbons (Fsp3) is 0.0667. The second kappa shape index (κ2) is 10.6. The molecule has 0 atom stereocenters. The Kier molecular flexibility index (Phi) is 7.32. The van der Waals surface area contributed by atoms with Crippen molar-refractivity contribution in [1.82, 2.24) is 9.97 Å². The Balaban J connectivity index is 0.000000171. The van der Waals surface area contributed by atoms with Gasteiger partial charge in [0.05, 0.1) is 5.58 Å². The molecule has 0 aliphatic carbocycles. The molecule has 6 rings (SSSR count). The van der Waals surface area contributed by atoms with Crippen molar-refractivity contribution in [2.24, 2.45) is 0 Å². The maximum Gasteiger partial charge on any atom is 0.120 e. The third-order valence-corrected chi connectivity index (χ3v) is 5.41. The van der Waals surface area contributed by atoms with Gasteiger partial charge in [-0.2, -0.15) is 0 Å². The summed E-state index contributed by atoms with van der Waals surface area (Å²) in [4.78, 5) is 8.70. The fourth-order valence-electron chi connectivity index (χ4n) is 3.80. The van der Waals surface area contributed by atoms with E-state index in [-0.39, 0.29) is 20.1 Å². The minimum atomic E-state index is 0. The van der Waals surface area contributed by atoms with Crippen LogP contribution >= 0.6 is 0 Å². The fourth-order valence-corrected chi connectivity index (χ4v) is 3.80. The molecule has 0 bridgehead atoms. The molecule has 6 aromatic rings. The molecular formula is C30H22IrN2O-2. The molecule has 0 saturated heterocycles. The Morgan fingerprint density at radius 1 is 0.676 bits per heavy atom. The van der Waals surface area contributed by atoms with Gasteiger partial charge in [-0.25, -0.2) is 0 Å². The van der Waals surface area contributed by atoms with Gasteiger partial charge in [0.25, 0.3) is 0 Å². The largest absolute Gasteiger partial charge is 0.501 e. The summed E-state index contributed by atoms with van der Waals surface area (Å²) in [6.07, 6.45) is 3.62. The number of para-hydroxylation sites is 1. The molecule has 3 aromatic heterocycles. The summed E-state index contributed by atoms with van der Waals surface area (Å²) in [6, 6.07) is 34.5.